The molecule has 0 radical (unpaired) electrons. The highest BCUT2D eigenvalue weighted by Crippen LogP contribution is 2.32. The van der Waals surface area contributed by atoms with Crippen LogP contribution in [0.25, 0.3) is 0 Å². The zero-order valence-corrected chi connectivity index (χ0v) is 15.6. The normalized spacial score (nSPS) is 24.3. The highest BCUT2D eigenvalue weighted by molar-refractivity contribution is 5.85. The van der Waals surface area contributed by atoms with Crippen molar-refractivity contribution in [3.05, 3.63) is 24.3 Å². The van der Waals surface area contributed by atoms with E-state index in [1.165, 1.54) is 12.8 Å². The number of piperidine rings is 1. The van der Waals surface area contributed by atoms with E-state index in [4.69, 9.17) is 9.47 Å². The average molecular weight is 369 g/mol. The van der Waals surface area contributed by atoms with E-state index in [0.29, 0.717) is 37.6 Å². The lowest BCUT2D eigenvalue weighted by molar-refractivity contribution is -0.122. The van der Waals surface area contributed by atoms with Gasteiger partial charge in [-0.15, -0.1) is 12.4 Å². The number of carbonyl (C=O) groups is 1. The smallest absolute Gasteiger partial charge is 0.220 e. The Kier molecular flexibility index (Phi) is 7.85. The summed E-state index contributed by atoms with van der Waals surface area (Å²) in [4.78, 5) is 12.1. The molecule has 6 heteroatoms. The van der Waals surface area contributed by atoms with E-state index in [1.807, 2.05) is 24.3 Å². The maximum absolute atomic E-state index is 12.1. The van der Waals surface area contributed by atoms with Gasteiger partial charge in [0.15, 0.2) is 0 Å². The second-order valence-corrected chi connectivity index (χ2v) is 6.91. The van der Waals surface area contributed by atoms with Crippen molar-refractivity contribution in [3.63, 3.8) is 0 Å². The summed E-state index contributed by atoms with van der Waals surface area (Å²) in [5.74, 6) is 2.32. The van der Waals surface area contributed by atoms with Gasteiger partial charge in [0.25, 0.3) is 0 Å². The number of carbonyl (C=O) groups excluding carboxylic acids is 1. The van der Waals surface area contributed by atoms with E-state index in [2.05, 4.69) is 10.6 Å². The number of rotatable bonds is 8. The van der Waals surface area contributed by atoms with Crippen molar-refractivity contribution in [2.75, 3.05) is 20.3 Å². The Bertz CT molecular complexity index is 543. The van der Waals surface area contributed by atoms with Crippen LogP contribution in [-0.4, -0.2) is 38.3 Å². The minimum absolute atomic E-state index is 0. The number of benzene rings is 1. The van der Waals surface area contributed by atoms with Crippen LogP contribution in [0.4, 0.5) is 0 Å². The number of ether oxygens (including phenoxy) is 2. The summed E-state index contributed by atoms with van der Waals surface area (Å²) in [5.41, 5.74) is 0. The molecule has 2 aliphatic heterocycles. The molecule has 5 nitrogen and oxygen atoms in total. The van der Waals surface area contributed by atoms with Gasteiger partial charge in [0, 0.05) is 31.1 Å². The Hall–Kier alpha value is -1.46. The summed E-state index contributed by atoms with van der Waals surface area (Å²) in [5, 5.41) is 6.64. The molecule has 1 aromatic carbocycles. The number of nitrogens with one attached hydrogen (secondary N) is 2. The number of fused-ring (bicyclic) bond motifs is 2. The van der Waals surface area contributed by atoms with Gasteiger partial charge in [0.1, 0.15) is 11.5 Å². The van der Waals surface area contributed by atoms with Gasteiger partial charge in [0.05, 0.1) is 13.7 Å². The van der Waals surface area contributed by atoms with E-state index < -0.39 is 0 Å². The summed E-state index contributed by atoms with van der Waals surface area (Å²) in [7, 11) is 1.64. The van der Waals surface area contributed by atoms with Gasteiger partial charge in [0.2, 0.25) is 5.91 Å². The fourth-order valence-electron chi connectivity index (χ4n) is 3.86. The van der Waals surface area contributed by atoms with Gasteiger partial charge in [-0.25, -0.2) is 0 Å². The Labute approximate surface area is 156 Å². The molecule has 0 aliphatic carbocycles. The van der Waals surface area contributed by atoms with Crippen molar-refractivity contribution in [1.82, 2.24) is 10.6 Å². The molecule has 3 rings (SSSR count). The van der Waals surface area contributed by atoms with Gasteiger partial charge in [-0.05, 0) is 50.2 Å². The topological polar surface area (TPSA) is 59.6 Å². The molecule has 2 aliphatic rings. The molecule has 2 bridgehead atoms. The standard InChI is InChI=1S/C19H28N2O3.ClH/c1-23-17-4-2-5-18(13-17)24-9-3-8-20-19(22)12-14-10-15-6-7-16(11-14)21-15;/h2,4-5,13-16,21H,3,6-12H2,1H3,(H,20,22);1H. The van der Waals surface area contributed by atoms with Gasteiger partial charge < -0.3 is 20.1 Å². The average Bonchev–Trinajstić information content (AvgIpc) is 2.93. The monoisotopic (exact) mass is 368 g/mol. The number of hydrogen-bond donors (Lipinski definition) is 2. The minimum atomic E-state index is 0. The lowest BCUT2D eigenvalue weighted by atomic mass is 9.89. The van der Waals surface area contributed by atoms with Gasteiger partial charge in [-0.2, -0.15) is 0 Å². The zero-order valence-electron chi connectivity index (χ0n) is 14.8. The van der Waals surface area contributed by atoms with Crippen molar-refractivity contribution in [1.29, 1.82) is 0 Å². The summed E-state index contributed by atoms with van der Waals surface area (Å²) in [6, 6.07) is 8.87. The summed E-state index contributed by atoms with van der Waals surface area (Å²) < 4.78 is 10.8. The molecule has 140 valence electrons. The van der Waals surface area contributed by atoms with Crippen LogP contribution in [0, 0.1) is 5.92 Å². The van der Waals surface area contributed by atoms with Crippen LogP contribution in [0.15, 0.2) is 24.3 Å². The molecule has 2 fully saturated rings. The van der Waals surface area contributed by atoms with Crippen molar-refractivity contribution in [3.8, 4) is 11.5 Å². The number of methoxy groups -OCH3 is 1. The Morgan fingerprint density at radius 3 is 2.68 bits per heavy atom. The number of hydrogen-bond acceptors (Lipinski definition) is 4. The van der Waals surface area contributed by atoms with Crippen LogP contribution >= 0.6 is 12.4 Å². The third-order valence-corrected chi connectivity index (χ3v) is 5.00. The van der Waals surface area contributed by atoms with Crippen molar-refractivity contribution in [2.45, 2.75) is 50.6 Å². The second-order valence-electron chi connectivity index (χ2n) is 6.91. The van der Waals surface area contributed by atoms with E-state index in [9.17, 15) is 4.79 Å². The van der Waals surface area contributed by atoms with E-state index in [0.717, 1.165) is 30.8 Å². The van der Waals surface area contributed by atoms with Gasteiger partial charge in [-0.3, -0.25) is 4.79 Å². The molecule has 2 unspecified atom stereocenters. The van der Waals surface area contributed by atoms with E-state index in [-0.39, 0.29) is 18.3 Å². The molecule has 0 spiro atoms. The fourth-order valence-corrected chi connectivity index (χ4v) is 3.86. The Balaban J connectivity index is 0.00000225. The highest BCUT2D eigenvalue weighted by atomic mass is 35.5. The van der Waals surface area contributed by atoms with E-state index >= 15 is 0 Å². The van der Waals surface area contributed by atoms with Gasteiger partial charge >= 0.3 is 0 Å². The lowest BCUT2D eigenvalue weighted by Crippen LogP contribution is -2.39. The van der Waals surface area contributed by atoms with Crippen molar-refractivity contribution in [2.24, 2.45) is 5.92 Å². The zero-order chi connectivity index (χ0) is 16.8. The first-order valence-electron chi connectivity index (χ1n) is 9.02. The van der Waals surface area contributed by atoms with Crippen molar-refractivity contribution < 1.29 is 14.3 Å². The minimum Gasteiger partial charge on any atom is -0.497 e. The van der Waals surface area contributed by atoms with Crippen molar-refractivity contribution >= 4 is 18.3 Å². The van der Waals surface area contributed by atoms with Crippen LogP contribution in [0.2, 0.25) is 0 Å². The van der Waals surface area contributed by atoms with E-state index in [1.54, 1.807) is 7.11 Å². The lowest BCUT2D eigenvalue weighted by Gasteiger charge is -2.28. The molecule has 1 aromatic rings. The molecule has 0 aromatic heterocycles. The third kappa shape index (κ3) is 6.08. The molecular formula is C19H29ClN2O3. The Morgan fingerprint density at radius 2 is 1.96 bits per heavy atom. The summed E-state index contributed by atoms with van der Waals surface area (Å²) in [6.07, 6.45) is 6.35. The molecular weight excluding hydrogens is 340 g/mol. The molecule has 25 heavy (non-hydrogen) atoms. The first kappa shape index (κ1) is 19.9. The first-order chi connectivity index (χ1) is 11.7. The molecule has 2 N–H and O–H groups in total. The number of halogens is 1. The largest absolute Gasteiger partial charge is 0.497 e. The predicted octanol–water partition coefficient (Wildman–Crippen LogP) is 2.92. The molecule has 1 amide bonds. The quantitative estimate of drug-likeness (QED) is 0.693. The summed E-state index contributed by atoms with van der Waals surface area (Å²) in [6.45, 7) is 1.26. The van der Waals surface area contributed by atoms with Crippen LogP contribution in [0.5, 0.6) is 11.5 Å². The maximum Gasteiger partial charge on any atom is 0.220 e. The predicted molar refractivity (Wildman–Crippen MR) is 101 cm³/mol. The molecule has 2 saturated heterocycles. The third-order valence-electron chi connectivity index (χ3n) is 5.00. The second kappa shape index (κ2) is 9.88. The summed E-state index contributed by atoms with van der Waals surface area (Å²) >= 11 is 0. The molecule has 2 heterocycles. The molecule has 0 saturated carbocycles. The Morgan fingerprint density at radius 1 is 1.24 bits per heavy atom. The number of amides is 1. The molecule has 2 atom stereocenters. The van der Waals surface area contributed by atoms with Crippen LogP contribution in [0.3, 0.4) is 0 Å². The van der Waals surface area contributed by atoms with Crippen LogP contribution in [-0.2, 0) is 4.79 Å². The first-order valence-corrected chi connectivity index (χ1v) is 9.02. The maximum atomic E-state index is 12.1. The SMILES string of the molecule is COc1cccc(OCCCNC(=O)CC2CC3CCC(C2)N3)c1.Cl. The van der Waals surface area contributed by atoms with Crippen LogP contribution in [0.1, 0.15) is 38.5 Å². The van der Waals surface area contributed by atoms with Crippen LogP contribution < -0.4 is 20.1 Å². The highest BCUT2D eigenvalue weighted by Gasteiger charge is 2.33. The fraction of sp³-hybridized carbons (Fsp3) is 0.632. The van der Waals surface area contributed by atoms with Gasteiger partial charge in [-0.1, -0.05) is 6.07 Å².